The Bertz CT molecular complexity index is 866. The number of methoxy groups -OCH3 is 1. The molecule has 2 aromatic rings. The Kier molecular flexibility index (Phi) is 5.18. The lowest BCUT2D eigenvalue weighted by Crippen LogP contribution is -2.62. The molecular formula is C25H28O2Si. The number of fused-ring (bicyclic) bond motifs is 1. The molecule has 1 fully saturated rings. The Labute approximate surface area is 169 Å². The minimum Gasteiger partial charge on any atom is -0.528 e. The molecule has 1 saturated carbocycles. The van der Waals surface area contributed by atoms with Crippen LogP contribution in [0, 0.1) is 28.7 Å². The van der Waals surface area contributed by atoms with Crippen LogP contribution in [-0.4, -0.2) is 22.0 Å². The summed E-state index contributed by atoms with van der Waals surface area (Å²) in [5.41, 5.74) is 3.90. The molecule has 2 atom stereocenters. The van der Waals surface area contributed by atoms with Gasteiger partial charge in [-0.05, 0) is 40.6 Å². The lowest BCUT2D eigenvalue weighted by atomic mass is 9.50. The zero-order valence-electron chi connectivity index (χ0n) is 16.9. The van der Waals surface area contributed by atoms with Gasteiger partial charge in [0, 0.05) is 13.0 Å². The van der Waals surface area contributed by atoms with E-state index < -0.39 is 8.32 Å². The molecule has 0 aliphatic heterocycles. The predicted octanol–water partition coefficient (Wildman–Crippen LogP) is 3.90. The quantitative estimate of drug-likeness (QED) is 0.571. The van der Waals surface area contributed by atoms with Crippen LogP contribution in [0.5, 0.6) is 0 Å². The second kappa shape index (κ2) is 7.62. The molecule has 0 N–H and O–H groups in total. The van der Waals surface area contributed by atoms with Crippen LogP contribution < -0.4 is 10.4 Å². The molecule has 2 aromatic carbocycles. The summed E-state index contributed by atoms with van der Waals surface area (Å²) in [5, 5.41) is 2.37. The molecule has 2 bridgehead atoms. The van der Waals surface area contributed by atoms with Crippen molar-refractivity contribution in [1.82, 2.24) is 0 Å². The van der Waals surface area contributed by atoms with E-state index in [1.807, 2.05) is 0 Å². The summed E-state index contributed by atoms with van der Waals surface area (Å²) in [4.78, 5) is 0. The summed E-state index contributed by atoms with van der Waals surface area (Å²) in [6, 6.07) is 21.1. The number of ether oxygens (including phenoxy) is 1. The number of hydrogen-bond acceptors (Lipinski definition) is 2. The maximum Gasteiger partial charge on any atom is 0.395 e. The van der Waals surface area contributed by atoms with Gasteiger partial charge in [0.2, 0.25) is 0 Å². The minimum atomic E-state index is -2.76. The van der Waals surface area contributed by atoms with Gasteiger partial charge in [0.15, 0.2) is 0 Å². The van der Waals surface area contributed by atoms with Gasteiger partial charge in [-0.3, -0.25) is 0 Å². The van der Waals surface area contributed by atoms with Crippen molar-refractivity contribution >= 4 is 18.7 Å². The molecule has 28 heavy (non-hydrogen) atoms. The van der Waals surface area contributed by atoms with Gasteiger partial charge in [-0.1, -0.05) is 86.0 Å². The summed E-state index contributed by atoms with van der Waals surface area (Å²) in [6.07, 6.45) is 4.67. The van der Waals surface area contributed by atoms with Gasteiger partial charge in [-0.2, -0.15) is 0 Å². The Morgan fingerprint density at radius 2 is 1.61 bits per heavy atom. The second-order valence-corrected chi connectivity index (χ2v) is 11.4. The van der Waals surface area contributed by atoms with Crippen LogP contribution in [0.4, 0.5) is 0 Å². The minimum absolute atomic E-state index is 0.317. The van der Waals surface area contributed by atoms with Crippen LogP contribution in [0.25, 0.3) is 0 Å². The summed E-state index contributed by atoms with van der Waals surface area (Å²) >= 11 is 0. The molecule has 0 aromatic heterocycles. The molecule has 5 rings (SSSR count). The van der Waals surface area contributed by atoms with Crippen LogP contribution in [0.15, 0.2) is 72.5 Å². The molecule has 3 heteroatoms. The van der Waals surface area contributed by atoms with E-state index in [-0.39, 0.29) is 0 Å². The molecule has 144 valence electrons. The van der Waals surface area contributed by atoms with Crippen molar-refractivity contribution in [1.29, 1.82) is 0 Å². The third kappa shape index (κ3) is 3.21. The van der Waals surface area contributed by atoms with Crippen molar-refractivity contribution in [2.24, 2.45) is 17.3 Å². The lowest BCUT2D eigenvalue weighted by Gasteiger charge is -2.56. The van der Waals surface area contributed by atoms with E-state index in [0.29, 0.717) is 17.9 Å². The molecule has 0 saturated heterocycles. The molecule has 0 amide bonds. The fourth-order valence-electron chi connectivity index (χ4n) is 4.62. The summed E-state index contributed by atoms with van der Waals surface area (Å²) in [7, 11) is -1.08. The van der Waals surface area contributed by atoms with Crippen LogP contribution in [0.2, 0.25) is 0 Å². The average molecular weight is 389 g/mol. The van der Waals surface area contributed by atoms with Crippen molar-refractivity contribution in [3.8, 4) is 11.5 Å². The van der Waals surface area contributed by atoms with Crippen LogP contribution in [-0.2, 0) is 9.16 Å². The maximum atomic E-state index is 7.05. The fourth-order valence-corrected chi connectivity index (χ4v) is 7.75. The maximum absolute atomic E-state index is 7.05. The Balaban J connectivity index is 1.83. The molecule has 0 radical (unpaired) electrons. The van der Waals surface area contributed by atoms with Gasteiger partial charge >= 0.3 is 8.32 Å². The third-order valence-corrected chi connectivity index (χ3v) is 9.89. The predicted molar refractivity (Wildman–Crippen MR) is 117 cm³/mol. The van der Waals surface area contributed by atoms with Crippen LogP contribution in [0.3, 0.4) is 0 Å². The monoisotopic (exact) mass is 388 g/mol. The Morgan fingerprint density at radius 3 is 2.11 bits per heavy atom. The second-order valence-electron chi connectivity index (χ2n) is 8.40. The van der Waals surface area contributed by atoms with Gasteiger partial charge in [0.05, 0.1) is 5.76 Å². The SMILES string of the molecule is COCC#C[Si](OC1=CCC2CC1C2(C)C)(c1ccccc1)c1ccccc1. The van der Waals surface area contributed by atoms with Gasteiger partial charge in [0.25, 0.3) is 0 Å². The van der Waals surface area contributed by atoms with E-state index in [1.54, 1.807) is 7.11 Å². The van der Waals surface area contributed by atoms with Gasteiger partial charge in [-0.15, -0.1) is 0 Å². The Hall–Kier alpha value is -2.28. The van der Waals surface area contributed by atoms with E-state index in [2.05, 4.69) is 92.1 Å². The molecule has 2 unspecified atom stereocenters. The number of rotatable bonds is 5. The van der Waals surface area contributed by atoms with Crippen molar-refractivity contribution < 1.29 is 9.16 Å². The summed E-state index contributed by atoms with van der Waals surface area (Å²) in [6.45, 7) is 5.17. The van der Waals surface area contributed by atoms with Crippen molar-refractivity contribution in [2.45, 2.75) is 26.7 Å². The molecule has 2 nitrogen and oxygen atoms in total. The lowest BCUT2D eigenvalue weighted by molar-refractivity contribution is -0.0294. The highest BCUT2D eigenvalue weighted by molar-refractivity contribution is 7.03. The average Bonchev–Trinajstić information content (AvgIpc) is 2.74. The highest BCUT2D eigenvalue weighted by Gasteiger charge is 2.54. The normalized spacial score (nSPS) is 22.3. The zero-order chi connectivity index (χ0) is 19.6. The number of allylic oxidation sites excluding steroid dienone is 2. The molecule has 0 heterocycles. The molecular weight excluding hydrogens is 360 g/mol. The van der Waals surface area contributed by atoms with E-state index in [0.717, 1.165) is 18.1 Å². The van der Waals surface area contributed by atoms with Crippen LogP contribution in [0.1, 0.15) is 26.7 Å². The third-order valence-electron chi connectivity index (χ3n) is 6.53. The van der Waals surface area contributed by atoms with E-state index in [9.17, 15) is 0 Å². The largest absolute Gasteiger partial charge is 0.528 e. The Morgan fingerprint density at radius 1 is 1.00 bits per heavy atom. The van der Waals surface area contributed by atoms with Crippen LogP contribution >= 0.6 is 0 Å². The van der Waals surface area contributed by atoms with Gasteiger partial charge in [0.1, 0.15) is 6.61 Å². The zero-order valence-corrected chi connectivity index (χ0v) is 17.9. The standard InChI is InChI=1S/C25H28O2Si/c1-25(2)20-15-16-24(23(25)19-20)27-28(18-10-17-26-3,21-11-6-4-7-12-21)22-13-8-5-9-14-22/h4-9,11-14,16,20,23H,15,17,19H2,1-3H3. The summed E-state index contributed by atoms with van der Waals surface area (Å²) in [5.74, 6) is 5.68. The highest BCUT2D eigenvalue weighted by Crippen LogP contribution is 2.59. The van der Waals surface area contributed by atoms with Crippen molar-refractivity contribution in [3.63, 3.8) is 0 Å². The van der Waals surface area contributed by atoms with Gasteiger partial charge in [-0.25, -0.2) is 0 Å². The molecule has 3 aliphatic carbocycles. The van der Waals surface area contributed by atoms with Gasteiger partial charge < -0.3 is 9.16 Å². The van der Waals surface area contributed by atoms with Crippen molar-refractivity contribution in [3.05, 3.63) is 72.5 Å². The smallest absolute Gasteiger partial charge is 0.395 e. The first-order valence-corrected chi connectivity index (χ1v) is 12.0. The van der Waals surface area contributed by atoms with E-state index in [1.165, 1.54) is 16.8 Å². The first-order chi connectivity index (χ1) is 13.6. The first-order valence-electron chi connectivity index (χ1n) is 10.1. The first kappa shape index (κ1) is 19.1. The summed E-state index contributed by atoms with van der Waals surface area (Å²) < 4.78 is 12.3. The number of hydrogen-bond donors (Lipinski definition) is 0. The highest BCUT2D eigenvalue weighted by atomic mass is 28.4. The molecule has 3 aliphatic rings. The number of benzene rings is 2. The van der Waals surface area contributed by atoms with Crippen molar-refractivity contribution in [2.75, 3.05) is 13.7 Å². The topological polar surface area (TPSA) is 18.5 Å². The molecule has 0 spiro atoms. The van der Waals surface area contributed by atoms with E-state index in [4.69, 9.17) is 9.16 Å². The fraction of sp³-hybridized carbons (Fsp3) is 0.360. The van der Waals surface area contributed by atoms with E-state index >= 15 is 0 Å².